The maximum atomic E-state index is 4.20. The summed E-state index contributed by atoms with van der Waals surface area (Å²) < 4.78 is 0. The molecular weight excluding hydrogens is 220 g/mol. The van der Waals surface area contributed by atoms with Crippen molar-refractivity contribution < 1.29 is 0 Å². The second-order valence-electron chi connectivity index (χ2n) is 5.06. The van der Waals surface area contributed by atoms with Gasteiger partial charge in [0.05, 0.1) is 0 Å². The molecule has 1 aromatic carbocycles. The van der Waals surface area contributed by atoms with Gasteiger partial charge in [-0.3, -0.25) is 9.88 Å². The third kappa shape index (κ3) is 1.93. The maximum absolute atomic E-state index is 4.20. The minimum Gasteiger partial charge on any atom is -0.299 e. The van der Waals surface area contributed by atoms with Crippen LogP contribution < -0.4 is 0 Å². The van der Waals surface area contributed by atoms with E-state index in [0.29, 0.717) is 6.04 Å². The first-order valence-electron chi connectivity index (χ1n) is 6.49. The van der Waals surface area contributed by atoms with Gasteiger partial charge in [-0.2, -0.15) is 0 Å². The van der Waals surface area contributed by atoms with Crippen LogP contribution in [0.5, 0.6) is 0 Å². The van der Waals surface area contributed by atoms with Gasteiger partial charge in [-0.25, -0.2) is 0 Å². The molecule has 0 spiro atoms. The van der Waals surface area contributed by atoms with Gasteiger partial charge < -0.3 is 0 Å². The van der Waals surface area contributed by atoms with E-state index in [9.17, 15) is 0 Å². The van der Waals surface area contributed by atoms with Crippen molar-refractivity contribution in [3.05, 3.63) is 53.9 Å². The molecule has 18 heavy (non-hydrogen) atoms. The predicted octanol–water partition coefficient (Wildman–Crippen LogP) is 3.30. The zero-order valence-corrected chi connectivity index (χ0v) is 10.9. The summed E-state index contributed by atoms with van der Waals surface area (Å²) in [5, 5.41) is 0. The molecule has 2 nitrogen and oxygen atoms in total. The molecule has 1 aliphatic heterocycles. The lowest BCUT2D eigenvalue weighted by atomic mass is 9.91. The minimum atomic E-state index is 0.505. The molecule has 2 aromatic rings. The summed E-state index contributed by atoms with van der Waals surface area (Å²) in [6.45, 7) is 3.44. The van der Waals surface area contributed by atoms with Crippen LogP contribution in [0, 0.1) is 0 Å². The molecular formula is C16H18N2. The summed E-state index contributed by atoms with van der Waals surface area (Å²) >= 11 is 0. The molecule has 92 valence electrons. The highest BCUT2D eigenvalue weighted by Gasteiger charge is 2.20. The zero-order valence-electron chi connectivity index (χ0n) is 10.9. The molecule has 1 unspecified atom stereocenters. The average molecular weight is 238 g/mol. The van der Waals surface area contributed by atoms with Crippen molar-refractivity contribution in [2.45, 2.75) is 19.4 Å². The molecule has 3 rings (SSSR count). The van der Waals surface area contributed by atoms with Crippen LogP contribution in [-0.2, 0) is 6.42 Å². The zero-order chi connectivity index (χ0) is 12.5. The Kier molecular flexibility index (Phi) is 2.88. The van der Waals surface area contributed by atoms with Gasteiger partial charge in [0.2, 0.25) is 0 Å². The quantitative estimate of drug-likeness (QED) is 0.758. The van der Waals surface area contributed by atoms with Gasteiger partial charge in [-0.05, 0) is 54.8 Å². The van der Waals surface area contributed by atoms with Gasteiger partial charge in [0.15, 0.2) is 0 Å². The number of likely N-dealkylation sites (N-methyl/N-ethyl adjacent to an activating group) is 1. The van der Waals surface area contributed by atoms with Crippen LogP contribution in [0.1, 0.15) is 24.1 Å². The first-order valence-corrected chi connectivity index (χ1v) is 6.49. The molecule has 0 N–H and O–H groups in total. The Balaban J connectivity index is 2.05. The topological polar surface area (TPSA) is 16.1 Å². The number of rotatable bonds is 1. The van der Waals surface area contributed by atoms with Crippen LogP contribution in [0.15, 0.2) is 42.7 Å². The Morgan fingerprint density at radius 3 is 2.89 bits per heavy atom. The van der Waals surface area contributed by atoms with Gasteiger partial charge in [0.25, 0.3) is 0 Å². The van der Waals surface area contributed by atoms with E-state index in [0.717, 1.165) is 13.0 Å². The lowest BCUT2D eigenvalue weighted by Crippen LogP contribution is -2.30. The van der Waals surface area contributed by atoms with Crippen LogP contribution in [-0.4, -0.2) is 23.5 Å². The molecule has 2 heterocycles. The second kappa shape index (κ2) is 4.54. The highest BCUT2D eigenvalue weighted by atomic mass is 15.1. The van der Waals surface area contributed by atoms with Crippen molar-refractivity contribution in [1.29, 1.82) is 0 Å². The summed E-state index contributed by atoms with van der Waals surface area (Å²) in [5.74, 6) is 0. The van der Waals surface area contributed by atoms with E-state index in [1.807, 2.05) is 18.5 Å². The van der Waals surface area contributed by atoms with E-state index >= 15 is 0 Å². The Hall–Kier alpha value is -1.67. The lowest BCUT2D eigenvalue weighted by Gasteiger charge is -2.32. The Bertz CT molecular complexity index is 548. The predicted molar refractivity (Wildman–Crippen MR) is 74.4 cm³/mol. The fourth-order valence-electron chi connectivity index (χ4n) is 2.65. The third-order valence-corrected chi connectivity index (χ3v) is 3.99. The fourth-order valence-corrected chi connectivity index (χ4v) is 2.65. The maximum Gasteiger partial charge on any atom is 0.0346 e. The molecule has 1 aromatic heterocycles. The number of hydrogen-bond donors (Lipinski definition) is 0. The molecule has 1 aliphatic rings. The molecule has 0 amide bonds. The first kappa shape index (κ1) is 11.4. The number of pyridine rings is 1. The molecule has 0 bridgehead atoms. The monoisotopic (exact) mass is 238 g/mol. The van der Waals surface area contributed by atoms with E-state index in [-0.39, 0.29) is 0 Å². The van der Waals surface area contributed by atoms with Crippen LogP contribution in [0.3, 0.4) is 0 Å². The first-order chi connectivity index (χ1) is 8.75. The number of hydrogen-bond acceptors (Lipinski definition) is 2. The van der Waals surface area contributed by atoms with Crippen molar-refractivity contribution >= 4 is 0 Å². The SMILES string of the molecule is CC1c2cc(-c3cccnc3)ccc2CCN1C. The van der Waals surface area contributed by atoms with Gasteiger partial charge in [-0.1, -0.05) is 18.2 Å². The van der Waals surface area contributed by atoms with Crippen molar-refractivity contribution in [2.75, 3.05) is 13.6 Å². The van der Waals surface area contributed by atoms with Gasteiger partial charge in [0.1, 0.15) is 0 Å². The summed E-state index contributed by atoms with van der Waals surface area (Å²) in [7, 11) is 2.20. The standard InChI is InChI=1S/C16H18N2/c1-12-16-10-14(15-4-3-8-17-11-15)6-5-13(16)7-9-18(12)2/h3-6,8,10-12H,7,9H2,1-2H3. The van der Waals surface area contributed by atoms with Crippen LogP contribution in [0.4, 0.5) is 0 Å². The number of fused-ring (bicyclic) bond motifs is 1. The normalized spacial score (nSPS) is 19.6. The lowest BCUT2D eigenvalue weighted by molar-refractivity contribution is 0.247. The van der Waals surface area contributed by atoms with Crippen LogP contribution in [0.25, 0.3) is 11.1 Å². The molecule has 1 atom stereocenters. The number of aromatic nitrogens is 1. The van der Waals surface area contributed by atoms with Crippen molar-refractivity contribution in [1.82, 2.24) is 9.88 Å². The number of nitrogens with zero attached hydrogens (tertiary/aromatic N) is 2. The molecule has 2 heteroatoms. The van der Waals surface area contributed by atoms with E-state index < -0.39 is 0 Å². The Morgan fingerprint density at radius 1 is 1.22 bits per heavy atom. The molecule has 0 fully saturated rings. The summed E-state index contributed by atoms with van der Waals surface area (Å²) in [5.41, 5.74) is 5.42. The van der Waals surface area contributed by atoms with Crippen LogP contribution >= 0.6 is 0 Å². The molecule has 0 saturated carbocycles. The largest absolute Gasteiger partial charge is 0.299 e. The van der Waals surface area contributed by atoms with E-state index in [1.54, 1.807) is 0 Å². The highest BCUT2D eigenvalue weighted by molar-refractivity contribution is 5.64. The minimum absolute atomic E-state index is 0.505. The number of benzene rings is 1. The highest BCUT2D eigenvalue weighted by Crippen LogP contribution is 2.31. The van der Waals surface area contributed by atoms with Crippen molar-refractivity contribution in [3.8, 4) is 11.1 Å². The average Bonchev–Trinajstić information content (AvgIpc) is 2.44. The summed E-state index contributed by atoms with van der Waals surface area (Å²) in [4.78, 5) is 6.61. The summed E-state index contributed by atoms with van der Waals surface area (Å²) in [6, 6.07) is 11.4. The van der Waals surface area contributed by atoms with E-state index in [2.05, 4.69) is 48.1 Å². The third-order valence-electron chi connectivity index (χ3n) is 3.99. The van der Waals surface area contributed by atoms with Crippen LogP contribution in [0.2, 0.25) is 0 Å². The fraction of sp³-hybridized carbons (Fsp3) is 0.312. The van der Waals surface area contributed by atoms with Crippen molar-refractivity contribution in [2.24, 2.45) is 0 Å². The Labute approximate surface area is 108 Å². The van der Waals surface area contributed by atoms with E-state index in [4.69, 9.17) is 0 Å². The van der Waals surface area contributed by atoms with Gasteiger partial charge >= 0.3 is 0 Å². The van der Waals surface area contributed by atoms with Gasteiger partial charge in [0, 0.05) is 25.0 Å². The summed E-state index contributed by atoms with van der Waals surface area (Å²) in [6.07, 6.45) is 4.90. The van der Waals surface area contributed by atoms with Crippen molar-refractivity contribution in [3.63, 3.8) is 0 Å². The smallest absolute Gasteiger partial charge is 0.0346 e. The molecule has 0 aliphatic carbocycles. The van der Waals surface area contributed by atoms with Gasteiger partial charge in [-0.15, -0.1) is 0 Å². The van der Waals surface area contributed by atoms with E-state index in [1.165, 1.54) is 22.3 Å². The molecule has 0 radical (unpaired) electrons. The Morgan fingerprint density at radius 2 is 2.11 bits per heavy atom. The second-order valence-corrected chi connectivity index (χ2v) is 5.06. The molecule has 0 saturated heterocycles.